The zero-order valence-corrected chi connectivity index (χ0v) is 13.7. The van der Waals surface area contributed by atoms with Gasteiger partial charge in [0.1, 0.15) is 0 Å². The van der Waals surface area contributed by atoms with Crippen molar-refractivity contribution in [3.63, 3.8) is 0 Å². The summed E-state index contributed by atoms with van der Waals surface area (Å²) in [5.41, 5.74) is 0.267. The van der Waals surface area contributed by atoms with Gasteiger partial charge in [-0.05, 0) is 42.4 Å². The molecule has 0 spiro atoms. The average molecular weight is 351 g/mol. The molecule has 2 atom stereocenters. The molecule has 1 aliphatic rings. The van der Waals surface area contributed by atoms with Gasteiger partial charge in [0.05, 0.1) is 11.3 Å². The number of alkyl halides is 3. The summed E-state index contributed by atoms with van der Waals surface area (Å²) in [5.74, 6) is -1.01. The zero-order valence-electron chi connectivity index (χ0n) is 12.9. The van der Waals surface area contributed by atoms with Crippen LogP contribution in [0.1, 0.15) is 23.5 Å². The molecule has 1 aliphatic carbocycles. The fourth-order valence-electron chi connectivity index (χ4n) is 2.88. The molecule has 0 radical (unpaired) electrons. The fraction of sp³-hybridized carbons (Fsp3) is 0.278. The molecule has 1 amide bonds. The molecule has 2 aromatic rings. The largest absolute Gasteiger partial charge is 0.416 e. The van der Waals surface area contributed by atoms with Crippen LogP contribution in [0.3, 0.4) is 0 Å². The Hall–Kier alpha value is -1.95. The molecular formula is C18H16F3NOS. The third-order valence-corrected chi connectivity index (χ3v) is 4.95. The lowest BCUT2D eigenvalue weighted by Crippen LogP contribution is -2.16. The Balaban J connectivity index is 1.75. The molecule has 0 heterocycles. The molecule has 3 rings (SSSR count). The second-order valence-electron chi connectivity index (χ2n) is 5.72. The Kier molecular flexibility index (Phi) is 4.58. The predicted molar refractivity (Wildman–Crippen MR) is 89.1 cm³/mol. The van der Waals surface area contributed by atoms with Gasteiger partial charge in [-0.15, -0.1) is 11.8 Å². The first-order chi connectivity index (χ1) is 11.4. The Bertz CT molecular complexity index is 760. The summed E-state index contributed by atoms with van der Waals surface area (Å²) < 4.78 is 39.3. The molecule has 0 aromatic heterocycles. The quantitative estimate of drug-likeness (QED) is 0.770. The predicted octanol–water partition coefficient (Wildman–Crippen LogP) is 5.17. The number of benzene rings is 2. The highest BCUT2D eigenvalue weighted by Gasteiger charge is 2.47. The topological polar surface area (TPSA) is 29.1 Å². The molecule has 1 fully saturated rings. The summed E-state index contributed by atoms with van der Waals surface area (Å²) in [6.45, 7) is 0. The monoisotopic (exact) mass is 351 g/mol. The molecule has 24 heavy (non-hydrogen) atoms. The summed E-state index contributed by atoms with van der Waals surface area (Å²) in [6.07, 6.45) is -2.05. The number of halogens is 3. The highest BCUT2D eigenvalue weighted by Crippen LogP contribution is 2.51. The van der Waals surface area contributed by atoms with E-state index in [0.29, 0.717) is 12.1 Å². The van der Waals surface area contributed by atoms with Gasteiger partial charge in [-0.25, -0.2) is 0 Å². The van der Waals surface area contributed by atoms with Crippen LogP contribution in [0.15, 0.2) is 53.4 Å². The minimum atomic E-state index is -4.40. The van der Waals surface area contributed by atoms with Crippen LogP contribution in [0.25, 0.3) is 0 Å². The lowest BCUT2D eigenvalue weighted by molar-refractivity contribution is -0.138. The van der Waals surface area contributed by atoms with Crippen LogP contribution in [-0.2, 0) is 11.0 Å². The van der Waals surface area contributed by atoms with E-state index >= 15 is 0 Å². The highest BCUT2D eigenvalue weighted by atomic mass is 32.2. The van der Waals surface area contributed by atoms with Crippen molar-refractivity contribution in [2.75, 3.05) is 11.6 Å². The van der Waals surface area contributed by atoms with Gasteiger partial charge >= 0.3 is 6.18 Å². The van der Waals surface area contributed by atoms with Crippen LogP contribution in [0.5, 0.6) is 0 Å². The maximum atomic E-state index is 13.1. The Labute approximate surface area is 142 Å². The van der Waals surface area contributed by atoms with Gasteiger partial charge in [-0.1, -0.05) is 30.3 Å². The van der Waals surface area contributed by atoms with Crippen LogP contribution >= 0.6 is 11.8 Å². The molecule has 126 valence electrons. The van der Waals surface area contributed by atoms with Crippen molar-refractivity contribution in [3.8, 4) is 0 Å². The van der Waals surface area contributed by atoms with Crippen molar-refractivity contribution in [2.24, 2.45) is 5.92 Å². The van der Waals surface area contributed by atoms with E-state index in [9.17, 15) is 18.0 Å². The maximum Gasteiger partial charge on any atom is 0.416 e. The van der Waals surface area contributed by atoms with E-state index < -0.39 is 17.7 Å². The van der Waals surface area contributed by atoms with Crippen molar-refractivity contribution < 1.29 is 18.0 Å². The number of thioether (sulfide) groups is 1. The molecule has 2 aromatic carbocycles. The van der Waals surface area contributed by atoms with Crippen molar-refractivity contribution in [2.45, 2.75) is 23.4 Å². The number of amides is 1. The fourth-order valence-corrected chi connectivity index (χ4v) is 3.43. The molecule has 0 aliphatic heterocycles. The lowest BCUT2D eigenvalue weighted by Gasteiger charge is -2.13. The van der Waals surface area contributed by atoms with Crippen LogP contribution in [0, 0.1) is 5.92 Å². The zero-order chi connectivity index (χ0) is 17.3. The first-order valence-electron chi connectivity index (χ1n) is 7.52. The minimum Gasteiger partial charge on any atom is -0.325 e. The van der Waals surface area contributed by atoms with Gasteiger partial charge in [0.25, 0.3) is 0 Å². The van der Waals surface area contributed by atoms with Gasteiger partial charge in [-0.3, -0.25) is 4.79 Å². The Morgan fingerprint density at radius 3 is 2.50 bits per heavy atom. The SMILES string of the molecule is CSc1ccccc1NC(=O)C1CC1c1ccccc1C(F)(F)F. The third kappa shape index (κ3) is 3.43. The normalized spacial score (nSPS) is 19.8. The summed E-state index contributed by atoms with van der Waals surface area (Å²) >= 11 is 1.51. The first kappa shape index (κ1) is 16.9. The summed E-state index contributed by atoms with van der Waals surface area (Å²) in [7, 11) is 0. The molecule has 1 N–H and O–H groups in total. The number of para-hydroxylation sites is 1. The van der Waals surface area contributed by atoms with Crippen LogP contribution in [0.2, 0.25) is 0 Å². The van der Waals surface area contributed by atoms with E-state index in [4.69, 9.17) is 0 Å². The number of nitrogens with one attached hydrogen (secondary N) is 1. The van der Waals surface area contributed by atoms with Gasteiger partial charge < -0.3 is 5.32 Å². The molecule has 0 saturated heterocycles. The highest BCUT2D eigenvalue weighted by molar-refractivity contribution is 7.98. The minimum absolute atomic E-state index is 0.211. The number of rotatable bonds is 4. The van der Waals surface area contributed by atoms with E-state index in [1.807, 2.05) is 24.5 Å². The van der Waals surface area contributed by atoms with E-state index in [0.717, 1.165) is 11.0 Å². The Morgan fingerprint density at radius 1 is 1.12 bits per heavy atom. The molecular weight excluding hydrogens is 335 g/mol. The van der Waals surface area contributed by atoms with Crippen molar-refractivity contribution >= 4 is 23.4 Å². The van der Waals surface area contributed by atoms with E-state index in [2.05, 4.69) is 5.32 Å². The second kappa shape index (κ2) is 6.51. The van der Waals surface area contributed by atoms with Crippen molar-refractivity contribution in [3.05, 3.63) is 59.7 Å². The summed E-state index contributed by atoms with van der Waals surface area (Å²) in [5, 5.41) is 2.84. The smallest absolute Gasteiger partial charge is 0.325 e. The summed E-state index contributed by atoms with van der Waals surface area (Å²) in [4.78, 5) is 13.3. The summed E-state index contributed by atoms with van der Waals surface area (Å²) in [6, 6.07) is 12.9. The molecule has 2 nitrogen and oxygen atoms in total. The third-order valence-electron chi connectivity index (χ3n) is 4.16. The van der Waals surface area contributed by atoms with E-state index in [1.165, 1.54) is 23.9 Å². The second-order valence-corrected chi connectivity index (χ2v) is 6.57. The van der Waals surface area contributed by atoms with Crippen LogP contribution in [-0.4, -0.2) is 12.2 Å². The number of carbonyl (C=O) groups excluding carboxylic acids is 1. The molecule has 1 saturated carbocycles. The van der Waals surface area contributed by atoms with Crippen LogP contribution in [0.4, 0.5) is 18.9 Å². The molecule has 6 heteroatoms. The standard InChI is InChI=1S/C18H16F3NOS/c1-24-16-9-5-4-8-15(16)22-17(23)13-10-12(13)11-6-2-3-7-14(11)18(19,20)21/h2-9,12-13H,10H2,1H3,(H,22,23). The van der Waals surface area contributed by atoms with Gasteiger partial charge in [0, 0.05) is 10.8 Å². The molecule has 2 unspecified atom stereocenters. The van der Waals surface area contributed by atoms with Crippen LogP contribution < -0.4 is 5.32 Å². The number of hydrogen-bond donors (Lipinski definition) is 1. The average Bonchev–Trinajstić information content (AvgIpc) is 3.35. The number of hydrogen-bond acceptors (Lipinski definition) is 2. The Morgan fingerprint density at radius 2 is 1.79 bits per heavy atom. The van der Waals surface area contributed by atoms with E-state index in [1.54, 1.807) is 12.1 Å². The van der Waals surface area contributed by atoms with E-state index in [-0.39, 0.29) is 17.4 Å². The number of anilines is 1. The molecule has 0 bridgehead atoms. The maximum absolute atomic E-state index is 13.1. The first-order valence-corrected chi connectivity index (χ1v) is 8.74. The van der Waals surface area contributed by atoms with Crippen molar-refractivity contribution in [1.29, 1.82) is 0 Å². The lowest BCUT2D eigenvalue weighted by atomic mass is 10.0. The van der Waals surface area contributed by atoms with Gasteiger partial charge in [-0.2, -0.15) is 13.2 Å². The van der Waals surface area contributed by atoms with Crippen molar-refractivity contribution in [1.82, 2.24) is 0 Å². The number of carbonyl (C=O) groups is 1. The van der Waals surface area contributed by atoms with Gasteiger partial charge in [0.15, 0.2) is 0 Å². The van der Waals surface area contributed by atoms with Gasteiger partial charge in [0.2, 0.25) is 5.91 Å².